The van der Waals surface area contributed by atoms with Crippen molar-refractivity contribution in [1.29, 1.82) is 5.26 Å². The highest BCUT2D eigenvalue weighted by Crippen LogP contribution is 2.21. The molecule has 0 fully saturated rings. The van der Waals surface area contributed by atoms with Crippen molar-refractivity contribution in [2.24, 2.45) is 0 Å². The fourth-order valence-corrected chi connectivity index (χ4v) is 3.95. The van der Waals surface area contributed by atoms with Crippen LogP contribution in [0.1, 0.15) is 31.1 Å². The summed E-state index contributed by atoms with van der Waals surface area (Å²) in [7, 11) is -3.76. The Bertz CT molecular complexity index is 586. The zero-order chi connectivity index (χ0) is 14.5. The van der Waals surface area contributed by atoms with Crippen LogP contribution in [0.5, 0.6) is 0 Å². The number of hydrogen-bond donors (Lipinski definition) is 2. The van der Waals surface area contributed by atoms with E-state index in [-0.39, 0.29) is 10.6 Å². The van der Waals surface area contributed by atoms with Gasteiger partial charge in [-0.15, -0.1) is 11.3 Å². The van der Waals surface area contributed by atoms with Crippen molar-refractivity contribution in [1.82, 2.24) is 4.72 Å². The van der Waals surface area contributed by atoms with E-state index in [1.54, 1.807) is 0 Å². The Hall–Kier alpha value is -1.43. The second-order valence-electron chi connectivity index (χ2n) is 3.94. The first kappa shape index (κ1) is 15.6. The fraction of sp³-hybridized carbons (Fsp3) is 0.455. The van der Waals surface area contributed by atoms with Gasteiger partial charge in [-0.2, -0.15) is 5.26 Å². The first-order chi connectivity index (χ1) is 8.89. The van der Waals surface area contributed by atoms with Crippen LogP contribution >= 0.6 is 11.3 Å². The molecule has 1 heterocycles. The summed E-state index contributed by atoms with van der Waals surface area (Å²) in [5.74, 6) is -1.05. The van der Waals surface area contributed by atoms with Crippen molar-refractivity contribution in [3.8, 4) is 6.07 Å². The van der Waals surface area contributed by atoms with Crippen molar-refractivity contribution < 1.29 is 18.3 Å². The van der Waals surface area contributed by atoms with E-state index in [1.165, 1.54) is 12.1 Å². The number of thiophene rings is 1. The van der Waals surface area contributed by atoms with E-state index in [2.05, 4.69) is 4.72 Å². The smallest absolute Gasteiger partial charge is 0.304 e. The minimum absolute atomic E-state index is 0.0236. The van der Waals surface area contributed by atoms with Crippen LogP contribution in [0.3, 0.4) is 0 Å². The predicted molar refractivity (Wildman–Crippen MR) is 70.3 cm³/mol. The summed E-state index contributed by atoms with van der Waals surface area (Å²) in [4.78, 5) is 11.0. The van der Waals surface area contributed by atoms with Gasteiger partial charge in [-0.25, -0.2) is 13.1 Å². The number of hydrogen-bond acceptors (Lipinski definition) is 5. The molecule has 19 heavy (non-hydrogen) atoms. The first-order valence-corrected chi connectivity index (χ1v) is 7.93. The van der Waals surface area contributed by atoms with Gasteiger partial charge in [0.1, 0.15) is 15.2 Å². The summed E-state index contributed by atoms with van der Waals surface area (Å²) >= 11 is 0.860. The molecule has 1 aromatic rings. The minimum atomic E-state index is -3.76. The van der Waals surface area contributed by atoms with Crippen molar-refractivity contribution in [3.63, 3.8) is 0 Å². The molecule has 0 spiro atoms. The summed E-state index contributed by atoms with van der Waals surface area (Å²) in [5, 5.41) is 17.4. The van der Waals surface area contributed by atoms with E-state index >= 15 is 0 Å². The Morgan fingerprint density at radius 1 is 1.58 bits per heavy atom. The third-order valence-corrected chi connectivity index (χ3v) is 5.34. The highest BCUT2D eigenvalue weighted by Gasteiger charge is 2.23. The van der Waals surface area contributed by atoms with Gasteiger partial charge in [-0.3, -0.25) is 4.79 Å². The Balaban J connectivity index is 2.87. The molecule has 0 amide bonds. The predicted octanol–water partition coefficient (Wildman–Crippen LogP) is 1.54. The van der Waals surface area contributed by atoms with E-state index in [1.807, 2.05) is 13.0 Å². The van der Waals surface area contributed by atoms with E-state index < -0.39 is 22.0 Å². The third kappa shape index (κ3) is 4.63. The van der Waals surface area contributed by atoms with E-state index in [0.717, 1.165) is 11.3 Å². The maximum atomic E-state index is 12.0. The quantitative estimate of drug-likeness (QED) is 0.794. The summed E-state index contributed by atoms with van der Waals surface area (Å²) in [6.07, 6.45) is 0.861. The molecule has 0 bridgehead atoms. The molecule has 0 aliphatic carbocycles. The SMILES string of the molecule is CCCC(CC(=O)O)NS(=O)(=O)c1ccc(C#N)s1. The Labute approximate surface area is 115 Å². The Morgan fingerprint density at radius 2 is 2.26 bits per heavy atom. The van der Waals surface area contributed by atoms with E-state index in [0.29, 0.717) is 17.7 Å². The third-order valence-electron chi connectivity index (χ3n) is 2.34. The van der Waals surface area contributed by atoms with Crippen LogP contribution < -0.4 is 4.72 Å². The molecule has 0 aliphatic rings. The van der Waals surface area contributed by atoms with Crippen molar-refractivity contribution in [2.45, 2.75) is 36.4 Å². The summed E-state index contributed by atoms with van der Waals surface area (Å²) in [6, 6.07) is 3.99. The summed E-state index contributed by atoms with van der Waals surface area (Å²) in [6.45, 7) is 1.85. The van der Waals surface area contributed by atoms with Gasteiger partial charge >= 0.3 is 5.97 Å². The molecule has 1 unspecified atom stereocenters. The lowest BCUT2D eigenvalue weighted by Crippen LogP contribution is -2.36. The van der Waals surface area contributed by atoms with Crippen LogP contribution in [-0.2, 0) is 14.8 Å². The van der Waals surface area contributed by atoms with Crippen molar-refractivity contribution >= 4 is 27.3 Å². The first-order valence-electron chi connectivity index (χ1n) is 5.63. The Morgan fingerprint density at radius 3 is 2.74 bits per heavy atom. The fourth-order valence-electron chi connectivity index (χ4n) is 1.56. The number of carboxylic acids is 1. The average Bonchev–Trinajstić information content (AvgIpc) is 2.77. The molecule has 2 N–H and O–H groups in total. The number of sulfonamides is 1. The lowest BCUT2D eigenvalue weighted by Gasteiger charge is -2.15. The topological polar surface area (TPSA) is 107 Å². The second kappa shape index (κ2) is 6.65. The lowest BCUT2D eigenvalue weighted by atomic mass is 10.1. The zero-order valence-corrected chi connectivity index (χ0v) is 11.9. The van der Waals surface area contributed by atoms with E-state index in [4.69, 9.17) is 10.4 Å². The monoisotopic (exact) mass is 302 g/mol. The Kier molecular flexibility index (Phi) is 5.47. The standard InChI is InChI=1S/C11H14N2O4S2/c1-2-3-8(6-10(14)15)13-19(16,17)11-5-4-9(7-12)18-11/h4-5,8,13H,2-3,6H2,1H3,(H,14,15). The highest BCUT2D eigenvalue weighted by atomic mass is 32.2. The normalized spacial score (nSPS) is 12.8. The number of rotatable bonds is 7. The zero-order valence-electron chi connectivity index (χ0n) is 10.3. The number of nitriles is 1. The van der Waals surface area contributed by atoms with Gasteiger partial charge in [0.2, 0.25) is 10.0 Å². The average molecular weight is 302 g/mol. The van der Waals surface area contributed by atoms with Gasteiger partial charge < -0.3 is 5.11 Å². The molecule has 104 valence electrons. The largest absolute Gasteiger partial charge is 0.481 e. The molecule has 1 rings (SSSR count). The van der Waals surface area contributed by atoms with Crippen LogP contribution in [-0.4, -0.2) is 25.5 Å². The van der Waals surface area contributed by atoms with Crippen molar-refractivity contribution in [2.75, 3.05) is 0 Å². The summed E-state index contributed by atoms with van der Waals surface area (Å²) in [5.41, 5.74) is 0. The minimum Gasteiger partial charge on any atom is -0.481 e. The van der Waals surface area contributed by atoms with Crippen LogP contribution in [0.25, 0.3) is 0 Å². The number of aliphatic carboxylic acids is 1. The van der Waals surface area contributed by atoms with Gasteiger partial charge in [0.05, 0.1) is 6.42 Å². The molecule has 0 aromatic carbocycles. The molecule has 0 aliphatic heterocycles. The van der Waals surface area contributed by atoms with Gasteiger partial charge in [0.25, 0.3) is 0 Å². The number of nitrogens with one attached hydrogen (secondary N) is 1. The van der Waals surface area contributed by atoms with Gasteiger partial charge in [-0.1, -0.05) is 13.3 Å². The molecule has 0 saturated heterocycles. The number of nitrogens with zero attached hydrogens (tertiary/aromatic N) is 1. The molecular formula is C11H14N2O4S2. The van der Waals surface area contributed by atoms with E-state index in [9.17, 15) is 13.2 Å². The molecular weight excluding hydrogens is 288 g/mol. The molecule has 6 nitrogen and oxygen atoms in total. The maximum Gasteiger partial charge on any atom is 0.304 e. The van der Waals surface area contributed by atoms with Gasteiger partial charge in [0, 0.05) is 6.04 Å². The lowest BCUT2D eigenvalue weighted by molar-refractivity contribution is -0.137. The van der Waals surface area contributed by atoms with Crippen molar-refractivity contribution in [3.05, 3.63) is 17.0 Å². The summed E-state index contributed by atoms with van der Waals surface area (Å²) < 4.78 is 26.4. The maximum absolute atomic E-state index is 12.0. The molecule has 0 saturated carbocycles. The molecule has 1 atom stereocenters. The van der Waals surface area contributed by atoms with Crippen LogP contribution in [0.4, 0.5) is 0 Å². The molecule has 0 radical (unpaired) electrons. The van der Waals surface area contributed by atoms with Crippen LogP contribution in [0.15, 0.2) is 16.3 Å². The van der Waals surface area contributed by atoms with Crippen LogP contribution in [0, 0.1) is 11.3 Å². The molecule has 1 aromatic heterocycles. The van der Waals surface area contributed by atoms with Gasteiger partial charge in [0.15, 0.2) is 0 Å². The molecule has 8 heteroatoms. The number of carboxylic acid groups (broad SMARTS) is 1. The van der Waals surface area contributed by atoms with Gasteiger partial charge in [-0.05, 0) is 18.6 Å². The number of carbonyl (C=O) groups is 1. The second-order valence-corrected chi connectivity index (χ2v) is 6.96. The van der Waals surface area contributed by atoms with Crippen LogP contribution in [0.2, 0.25) is 0 Å². The highest BCUT2D eigenvalue weighted by molar-refractivity contribution is 7.91.